The molecule has 0 unspecified atom stereocenters. The summed E-state index contributed by atoms with van der Waals surface area (Å²) in [7, 11) is 1.89. The lowest BCUT2D eigenvalue weighted by atomic mass is 10.0. The van der Waals surface area contributed by atoms with Gasteiger partial charge in [0.05, 0.1) is 12.1 Å². The largest absolute Gasteiger partial charge is 0.398 e. The van der Waals surface area contributed by atoms with Crippen molar-refractivity contribution in [3.05, 3.63) is 60.2 Å². The molecule has 0 bridgehead atoms. The van der Waals surface area contributed by atoms with E-state index in [0.29, 0.717) is 17.8 Å². The number of benzene rings is 2. The van der Waals surface area contributed by atoms with Crippen LogP contribution >= 0.6 is 0 Å². The van der Waals surface area contributed by atoms with E-state index in [1.165, 1.54) is 0 Å². The Bertz CT molecular complexity index is 807. The Hall–Kier alpha value is -2.82. The summed E-state index contributed by atoms with van der Waals surface area (Å²) in [5.74, 6) is 0.601. The van der Waals surface area contributed by atoms with Gasteiger partial charge in [-0.05, 0) is 22.9 Å². The first-order valence-corrected chi connectivity index (χ1v) is 6.68. The molecule has 3 rings (SSSR count). The predicted molar refractivity (Wildman–Crippen MR) is 82.7 cm³/mol. The lowest BCUT2D eigenvalue weighted by molar-refractivity contribution is 0.0950. The van der Waals surface area contributed by atoms with E-state index in [0.717, 1.165) is 16.6 Å². The number of nitrogen functional groups attached to an aromatic ring is 1. The van der Waals surface area contributed by atoms with E-state index in [1.807, 2.05) is 54.2 Å². The normalized spacial score (nSPS) is 10.7. The van der Waals surface area contributed by atoms with Crippen molar-refractivity contribution in [2.24, 2.45) is 7.05 Å². The highest BCUT2D eigenvalue weighted by molar-refractivity contribution is 6.03. The van der Waals surface area contributed by atoms with Crippen LogP contribution in [-0.2, 0) is 13.6 Å². The molecule has 5 nitrogen and oxygen atoms in total. The fourth-order valence-corrected chi connectivity index (χ4v) is 2.28. The number of hydrogen-bond donors (Lipinski definition) is 2. The van der Waals surface area contributed by atoms with Crippen LogP contribution in [0.4, 0.5) is 5.69 Å². The number of anilines is 1. The monoisotopic (exact) mass is 280 g/mol. The van der Waals surface area contributed by atoms with Crippen molar-refractivity contribution in [3.63, 3.8) is 0 Å². The molecule has 3 N–H and O–H groups in total. The summed E-state index contributed by atoms with van der Waals surface area (Å²) < 4.78 is 1.87. The Morgan fingerprint density at radius 2 is 2.00 bits per heavy atom. The number of carbonyl (C=O) groups excluding carboxylic acids is 1. The van der Waals surface area contributed by atoms with Crippen LogP contribution in [0.5, 0.6) is 0 Å². The molecule has 0 aliphatic carbocycles. The molecule has 0 radical (unpaired) electrons. The van der Waals surface area contributed by atoms with E-state index in [-0.39, 0.29) is 5.91 Å². The molecule has 0 aliphatic rings. The molecule has 0 fully saturated rings. The minimum atomic E-state index is -0.193. The summed E-state index contributed by atoms with van der Waals surface area (Å²) in [4.78, 5) is 16.5. The fourth-order valence-electron chi connectivity index (χ4n) is 2.28. The third kappa shape index (κ3) is 2.58. The molecule has 0 spiro atoms. The van der Waals surface area contributed by atoms with Gasteiger partial charge in [-0.25, -0.2) is 4.98 Å². The number of nitrogens with one attached hydrogen (secondary N) is 1. The smallest absolute Gasteiger partial charge is 0.253 e. The summed E-state index contributed by atoms with van der Waals surface area (Å²) in [5.41, 5.74) is 6.95. The minimum Gasteiger partial charge on any atom is -0.398 e. The second kappa shape index (κ2) is 5.28. The van der Waals surface area contributed by atoms with Crippen molar-refractivity contribution < 1.29 is 4.79 Å². The van der Waals surface area contributed by atoms with Crippen LogP contribution in [0.15, 0.2) is 48.8 Å². The fraction of sp³-hybridized carbons (Fsp3) is 0.125. The molecule has 106 valence electrons. The molecule has 2 aromatic carbocycles. The van der Waals surface area contributed by atoms with E-state index in [4.69, 9.17) is 5.73 Å². The number of imidazole rings is 1. The summed E-state index contributed by atoms with van der Waals surface area (Å²) in [6.45, 7) is 0.370. The van der Waals surface area contributed by atoms with Gasteiger partial charge in [-0.15, -0.1) is 0 Å². The SMILES string of the molecule is Cn1ccnc1CNC(=O)c1cc2ccccc2cc1N. The van der Waals surface area contributed by atoms with Crippen molar-refractivity contribution in [2.75, 3.05) is 5.73 Å². The Balaban J connectivity index is 1.84. The van der Waals surface area contributed by atoms with Crippen molar-refractivity contribution >= 4 is 22.4 Å². The molecular weight excluding hydrogens is 264 g/mol. The topological polar surface area (TPSA) is 72.9 Å². The van der Waals surface area contributed by atoms with Gasteiger partial charge in [0.15, 0.2) is 0 Å². The number of aryl methyl sites for hydroxylation is 1. The first kappa shape index (κ1) is 13.2. The Morgan fingerprint density at radius 3 is 2.67 bits per heavy atom. The lowest BCUT2D eigenvalue weighted by Gasteiger charge is -2.09. The highest BCUT2D eigenvalue weighted by atomic mass is 16.1. The van der Waals surface area contributed by atoms with Crippen LogP contribution in [0.1, 0.15) is 16.2 Å². The van der Waals surface area contributed by atoms with Gasteiger partial charge in [0.25, 0.3) is 5.91 Å². The molecule has 5 heteroatoms. The van der Waals surface area contributed by atoms with Crippen molar-refractivity contribution in [1.82, 2.24) is 14.9 Å². The number of carbonyl (C=O) groups is 1. The van der Waals surface area contributed by atoms with Crippen molar-refractivity contribution in [2.45, 2.75) is 6.54 Å². The zero-order chi connectivity index (χ0) is 14.8. The van der Waals surface area contributed by atoms with Crippen LogP contribution in [0.25, 0.3) is 10.8 Å². The average Bonchev–Trinajstić information content (AvgIpc) is 2.89. The number of nitrogens with zero attached hydrogens (tertiary/aromatic N) is 2. The minimum absolute atomic E-state index is 0.193. The third-order valence-electron chi connectivity index (χ3n) is 3.49. The molecular formula is C16H16N4O. The van der Waals surface area contributed by atoms with Gasteiger partial charge in [0.1, 0.15) is 5.82 Å². The van der Waals surface area contributed by atoms with Crippen LogP contribution < -0.4 is 11.1 Å². The Kier molecular flexibility index (Phi) is 3.31. The Labute approximate surface area is 122 Å². The van der Waals surface area contributed by atoms with Crippen LogP contribution in [0.3, 0.4) is 0 Å². The van der Waals surface area contributed by atoms with Gasteiger partial charge in [-0.3, -0.25) is 4.79 Å². The second-order valence-electron chi connectivity index (χ2n) is 4.92. The summed E-state index contributed by atoms with van der Waals surface area (Å²) in [6.07, 6.45) is 3.54. The number of rotatable bonds is 3. The molecule has 3 aromatic rings. The molecule has 0 saturated carbocycles. The summed E-state index contributed by atoms with van der Waals surface area (Å²) in [6, 6.07) is 11.5. The van der Waals surface area contributed by atoms with Crippen LogP contribution in [0, 0.1) is 0 Å². The van der Waals surface area contributed by atoms with E-state index in [9.17, 15) is 4.79 Å². The van der Waals surface area contributed by atoms with Crippen LogP contribution in [-0.4, -0.2) is 15.5 Å². The van der Waals surface area contributed by atoms with E-state index in [2.05, 4.69) is 10.3 Å². The highest BCUT2D eigenvalue weighted by Gasteiger charge is 2.11. The standard InChI is InChI=1S/C16H16N4O/c1-20-7-6-18-15(20)10-19-16(21)13-8-11-4-2-3-5-12(11)9-14(13)17/h2-9H,10,17H2,1H3,(H,19,21). The third-order valence-corrected chi connectivity index (χ3v) is 3.49. The number of aromatic nitrogens is 2. The predicted octanol–water partition coefficient (Wildman–Crippen LogP) is 2.09. The highest BCUT2D eigenvalue weighted by Crippen LogP contribution is 2.21. The van der Waals surface area contributed by atoms with E-state index in [1.54, 1.807) is 6.20 Å². The van der Waals surface area contributed by atoms with Gasteiger partial charge < -0.3 is 15.6 Å². The maximum absolute atomic E-state index is 12.3. The zero-order valence-electron chi connectivity index (χ0n) is 11.7. The second-order valence-corrected chi connectivity index (χ2v) is 4.92. The number of hydrogen-bond acceptors (Lipinski definition) is 3. The molecule has 0 atom stereocenters. The molecule has 1 aromatic heterocycles. The van der Waals surface area contributed by atoms with E-state index < -0.39 is 0 Å². The first-order chi connectivity index (χ1) is 10.1. The molecule has 0 aliphatic heterocycles. The van der Waals surface area contributed by atoms with Crippen molar-refractivity contribution in [3.8, 4) is 0 Å². The van der Waals surface area contributed by atoms with Crippen molar-refractivity contribution in [1.29, 1.82) is 0 Å². The number of nitrogens with two attached hydrogens (primary N) is 1. The summed E-state index contributed by atoms with van der Waals surface area (Å²) >= 11 is 0. The van der Waals surface area contributed by atoms with E-state index >= 15 is 0 Å². The van der Waals surface area contributed by atoms with Gasteiger partial charge >= 0.3 is 0 Å². The molecule has 1 heterocycles. The summed E-state index contributed by atoms with van der Waals surface area (Å²) in [5, 5.41) is 4.86. The average molecular weight is 280 g/mol. The van der Waals surface area contributed by atoms with Gasteiger partial charge in [0, 0.05) is 25.1 Å². The van der Waals surface area contributed by atoms with Gasteiger partial charge in [0.2, 0.25) is 0 Å². The molecule has 21 heavy (non-hydrogen) atoms. The Morgan fingerprint density at radius 1 is 1.29 bits per heavy atom. The lowest BCUT2D eigenvalue weighted by Crippen LogP contribution is -2.25. The number of amides is 1. The first-order valence-electron chi connectivity index (χ1n) is 6.68. The quantitative estimate of drug-likeness (QED) is 0.721. The van der Waals surface area contributed by atoms with Gasteiger partial charge in [-0.1, -0.05) is 24.3 Å². The number of fused-ring (bicyclic) bond motifs is 1. The van der Waals surface area contributed by atoms with Crippen LogP contribution in [0.2, 0.25) is 0 Å². The maximum Gasteiger partial charge on any atom is 0.253 e. The molecule has 1 amide bonds. The van der Waals surface area contributed by atoms with Gasteiger partial charge in [-0.2, -0.15) is 0 Å². The maximum atomic E-state index is 12.3. The molecule has 0 saturated heterocycles. The zero-order valence-corrected chi connectivity index (χ0v) is 11.7.